The Bertz CT molecular complexity index is 948. The van der Waals surface area contributed by atoms with E-state index in [1.165, 1.54) is 22.0 Å². The maximum atomic E-state index is 13.0. The molecule has 0 unspecified atom stereocenters. The van der Waals surface area contributed by atoms with Gasteiger partial charge in [-0.1, -0.05) is 36.4 Å². The highest BCUT2D eigenvalue weighted by Crippen LogP contribution is 2.31. The van der Waals surface area contributed by atoms with Crippen LogP contribution in [0.1, 0.15) is 24.0 Å². The number of fused-ring (bicyclic) bond motifs is 5. The molecule has 3 saturated heterocycles. The van der Waals surface area contributed by atoms with Crippen LogP contribution in [-0.2, 0) is 17.9 Å². The summed E-state index contributed by atoms with van der Waals surface area (Å²) in [5.41, 5.74) is 3.73. The molecule has 0 spiro atoms. The van der Waals surface area contributed by atoms with Crippen molar-refractivity contribution in [1.82, 2.24) is 14.8 Å². The fourth-order valence-electron chi connectivity index (χ4n) is 4.71. The molecule has 3 aromatic rings. The molecule has 2 bridgehead atoms. The number of carbonyl (C=O) groups is 1. The molecule has 4 nitrogen and oxygen atoms in total. The van der Waals surface area contributed by atoms with Crippen LogP contribution < -0.4 is 0 Å². The Hall–Kier alpha value is -2.59. The van der Waals surface area contributed by atoms with Gasteiger partial charge in [0.05, 0.1) is 5.92 Å². The van der Waals surface area contributed by atoms with Crippen molar-refractivity contribution in [1.29, 1.82) is 0 Å². The van der Waals surface area contributed by atoms with E-state index in [1.807, 2.05) is 12.3 Å². The molecule has 2 atom stereocenters. The fraction of sp³-hybridized carbons (Fsp3) is 0.348. The van der Waals surface area contributed by atoms with Gasteiger partial charge in [0.1, 0.15) is 0 Å². The highest BCUT2D eigenvalue weighted by Gasteiger charge is 2.40. The zero-order valence-corrected chi connectivity index (χ0v) is 15.5. The third-order valence-electron chi connectivity index (χ3n) is 6.09. The fourth-order valence-corrected chi connectivity index (χ4v) is 4.71. The number of aromatic nitrogens is 1. The first kappa shape index (κ1) is 16.6. The van der Waals surface area contributed by atoms with E-state index >= 15 is 0 Å². The van der Waals surface area contributed by atoms with Gasteiger partial charge in [-0.15, -0.1) is 0 Å². The highest BCUT2D eigenvalue weighted by molar-refractivity contribution is 5.81. The minimum atomic E-state index is 0.142. The second-order valence-corrected chi connectivity index (χ2v) is 7.97. The number of carbonyl (C=O) groups excluding carboxylic acids is 1. The third kappa shape index (κ3) is 3.26. The number of H-pyrrole nitrogens is 1. The lowest BCUT2D eigenvalue weighted by atomic mass is 9.93. The third-order valence-corrected chi connectivity index (χ3v) is 6.09. The van der Waals surface area contributed by atoms with Crippen LogP contribution in [-0.4, -0.2) is 39.8 Å². The molecule has 1 amide bonds. The van der Waals surface area contributed by atoms with E-state index in [2.05, 4.69) is 63.3 Å². The lowest BCUT2D eigenvalue weighted by Gasteiger charge is -2.36. The lowest BCUT2D eigenvalue weighted by Crippen LogP contribution is -2.47. The molecule has 4 heteroatoms. The maximum Gasteiger partial charge on any atom is 0.227 e. The number of rotatable bonds is 4. The van der Waals surface area contributed by atoms with Crippen LogP contribution in [0.25, 0.3) is 10.9 Å². The van der Waals surface area contributed by atoms with Crippen LogP contribution in [0.5, 0.6) is 0 Å². The van der Waals surface area contributed by atoms with Crippen LogP contribution in [0.4, 0.5) is 0 Å². The van der Waals surface area contributed by atoms with Crippen molar-refractivity contribution in [3.8, 4) is 0 Å². The van der Waals surface area contributed by atoms with Gasteiger partial charge in [0, 0.05) is 43.9 Å². The van der Waals surface area contributed by atoms with Crippen LogP contribution >= 0.6 is 0 Å². The predicted molar refractivity (Wildman–Crippen MR) is 107 cm³/mol. The molecule has 3 fully saturated rings. The number of aromatic amines is 1. The number of hydrogen-bond donors (Lipinski definition) is 1. The van der Waals surface area contributed by atoms with Crippen molar-refractivity contribution in [2.75, 3.05) is 13.1 Å². The van der Waals surface area contributed by atoms with E-state index in [1.54, 1.807) is 0 Å². The summed E-state index contributed by atoms with van der Waals surface area (Å²) in [7, 11) is 0. The smallest absolute Gasteiger partial charge is 0.227 e. The van der Waals surface area contributed by atoms with Crippen LogP contribution in [0.2, 0.25) is 0 Å². The molecule has 1 N–H and O–H groups in total. The normalized spacial score (nSPS) is 23.1. The molecule has 0 aliphatic carbocycles. The van der Waals surface area contributed by atoms with Gasteiger partial charge in [-0.3, -0.25) is 9.69 Å². The van der Waals surface area contributed by atoms with Gasteiger partial charge in [0.25, 0.3) is 0 Å². The van der Waals surface area contributed by atoms with E-state index in [-0.39, 0.29) is 5.92 Å². The van der Waals surface area contributed by atoms with E-state index in [4.69, 9.17) is 0 Å². The summed E-state index contributed by atoms with van der Waals surface area (Å²) >= 11 is 0. The zero-order valence-electron chi connectivity index (χ0n) is 15.5. The quantitative estimate of drug-likeness (QED) is 0.770. The number of nitrogens with one attached hydrogen (secondary N) is 1. The Balaban J connectivity index is 1.34. The minimum absolute atomic E-state index is 0.142. The van der Waals surface area contributed by atoms with Gasteiger partial charge in [-0.05, 0) is 47.6 Å². The molecule has 3 aliphatic rings. The topological polar surface area (TPSA) is 39.3 Å². The van der Waals surface area contributed by atoms with E-state index in [0.29, 0.717) is 11.9 Å². The van der Waals surface area contributed by atoms with Crippen molar-refractivity contribution in [2.24, 2.45) is 5.92 Å². The summed E-state index contributed by atoms with van der Waals surface area (Å²) in [5.74, 6) is 0.488. The summed E-state index contributed by atoms with van der Waals surface area (Å²) in [4.78, 5) is 20.9. The number of nitrogens with zero attached hydrogens (tertiary/aromatic N) is 2. The van der Waals surface area contributed by atoms with Crippen LogP contribution in [0, 0.1) is 5.92 Å². The van der Waals surface area contributed by atoms with Gasteiger partial charge >= 0.3 is 0 Å². The van der Waals surface area contributed by atoms with E-state index in [0.717, 1.165) is 39.0 Å². The molecule has 27 heavy (non-hydrogen) atoms. The first-order valence-electron chi connectivity index (χ1n) is 9.89. The van der Waals surface area contributed by atoms with Crippen LogP contribution in [0.3, 0.4) is 0 Å². The molecule has 4 heterocycles. The van der Waals surface area contributed by atoms with Crippen molar-refractivity contribution >= 4 is 16.8 Å². The molecule has 2 aromatic carbocycles. The van der Waals surface area contributed by atoms with Gasteiger partial charge in [-0.2, -0.15) is 0 Å². The summed E-state index contributed by atoms with van der Waals surface area (Å²) in [6.45, 7) is 3.51. The monoisotopic (exact) mass is 359 g/mol. The molecule has 6 rings (SSSR count). The number of benzene rings is 2. The summed E-state index contributed by atoms with van der Waals surface area (Å²) in [5, 5.41) is 1.26. The largest absolute Gasteiger partial charge is 0.361 e. The molecule has 0 saturated carbocycles. The van der Waals surface area contributed by atoms with Gasteiger partial charge in [-0.25, -0.2) is 0 Å². The average molecular weight is 359 g/mol. The molecular formula is C23H25N3O. The number of amides is 1. The summed E-state index contributed by atoms with van der Waals surface area (Å²) in [6, 6.07) is 19.5. The molecule has 138 valence electrons. The van der Waals surface area contributed by atoms with Gasteiger partial charge in [0.15, 0.2) is 0 Å². The molecular weight excluding hydrogens is 334 g/mol. The van der Waals surface area contributed by atoms with Crippen molar-refractivity contribution in [3.05, 3.63) is 71.9 Å². The van der Waals surface area contributed by atoms with Gasteiger partial charge in [0.2, 0.25) is 5.91 Å². The SMILES string of the molecule is O=C1[C@H]2CC[C@H](CN(Cc3ccc4[nH]ccc4c3)C2)N1Cc1ccccc1. The summed E-state index contributed by atoms with van der Waals surface area (Å²) in [6.07, 6.45) is 4.14. The predicted octanol–water partition coefficient (Wildman–Crippen LogP) is 3.79. The Morgan fingerprint density at radius 1 is 0.926 bits per heavy atom. The number of hydrogen-bond acceptors (Lipinski definition) is 2. The van der Waals surface area contributed by atoms with Crippen molar-refractivity contribution in [2.45, 2.75) is 32.0 Å². The Morgan fingerprint density at radius 3 is 2.70 bits per heavy atom. The Morgan fingerprint density at radius 2 is 1.81 bits per heavy atom. The second-order valence-electron chi connectivity index (χ2n) is 7.97. The molecule has 1 aromatic heterocycles. The zero-order chi connectivity index (χ0) is 18.2. The van der Waals surface area contributed by atoms with Crippen molar-refractivity contribution < 1.29 is 4.79 Å². The van der Waals surface area contributed by atoms with Crippen LogP contribution in [0.15, 0.2) is 60.8 Å². The number of piperidine rings is 1. The Labute approximate surface area is 159 Å². The maximum absolute atomic E-state index is 13.0. The van der Waals surface area contributed by atoms with Crippen molar-refractivity contribution in [3.63, 3.8) is 0 Å². The minimum Gasteiger partial charge on any atom is -0.361 e. The molecule has 3 aliphatic heterocycles. The molecule has 0 radical (unpaired) electrons. The van der Waals surface area contributed by atoms with E-state index in [9.17, 15) is 4.79 Å². The van der Waals surface area contributed by atoms with Gasteiger partial charge < -0.3 is 9.88 Å². The average Bonchev–Trinajstić information content (AvgIpc) is 3.00. The standard InChI is InChI=1S/C23H25N3O/c27-23-20-7-8-21(26(23)14-17-4-2-1-3-5-17)16-25(15-20)13-18-6-9-22-19(12-18)10-11-24-22/h1-6,9-12,20-21,24H,7-8,13-16H2/t20-,21+/m0/s1. The first-order valence-corrected chi connectivity index (χ1v) is 9.89. The summed E-state index contributed by atoms with van der Waals surface area (Å²) < 4.78 is 0. The first-order chi connectivity index (χ1) is 13.3. The lowest BCUT2D eigenvalue weighted by molar-refractivity contribution is -0.140. The highest BCUT2D eigenvalue weighted by atomic mass is 16.2. The second kappa shape index (κ2) is 6.86. The van der Waals surface area contributed by atoms with E-state index < -0.39 is 0 Å². The Kier molecular flexibility index (Phi) is 4.21.